The quantitative estimate of drug-likeness (QED) is 0.612. The maximum Gasteiger partial charge on any atom is 0.0991 e. The van der Waals surface area contributed by atoms with Crippen molar-refractivity contribution in [3.05, 3.63) is 95.6 Å². The molecule has 3 aromatic rings. The Balaban J connectivity index is 1.72. The van der Waals surface area contributed by atoms with Crippen LogP contribution in [-0.4, -0.2) is 0 Å². The van der Waals surface area contributed by atoms with Crippen LogP contribution >= 0.6 is 0 Å². The Bertz CT molecular complexity index is 868. The first-order chi connectivity index (χ1) is 11.7. The lowest BCUT2D eigenvalue weighted by molar-refractivity contribution is 1.47. The molecule has 0 aliphatic carbocycles. The normalized spacial score (nSPS) is 10.9. The zero-order chi connectivity index (χ0) is 16.8. The van der Waals surface area contributed by atoms with Gasteiger partial charge >= 0.3 is 0 Å². The molecular weight excluding hydrogens is 292 g/mol. The van der Waals surface area contributed by atoms with E-state index in [9.17, 15) is 0 Å². The smallest absolute Gasteiger partial charge is 0.0991 e. The van der Waals surface area contributed by atoms with Gasteiger partial charge in [-0.1, -0.05) is 48.5 Å². The van der Waals surface area contributed by atoms with E-state index < -0.39 is 0 Å². The second kappa shape index (κ2) is 7.30. The van der Waals surface area contributed by atoms with Crippen molar-refractivity contribution in [3.8, 4) is 6.07 Å². The first-order valence-corrected chi connectivity index (χ1v) is 7.85. The number of nitrogens with one attached hydrogen (secondary N) is 1. The molecule has 3 aromatic carbocycles. The van der Waals surface area contributed by atoms with Gasteiger partial charge < -0.3 is 5.32 Å². The summed E-state index contributed by atoms with van der Waals surface area (Å²) in [5.41, 5.74) is 6.30. The summed E-state index contributed by atoms with van der Waals surface area (Å²) in [7, 11) is 0. The van der Waals surface area contributed by atoms with Crippen LogP contribution in [0.1, 0.15) is 23.6 Å². The summed E-state index contributed by atoms with van der Waals surface area (Å²) < 4.78 is 0. The van der Waals surface area contributed by atoms with Crippen molar-refractivity contribution >= 4 is 23.0 Å². The molecule has 1 N–H and O–H groups in total. The Hall–Kier alpha value is -3.31. The average molecular weight is 310 g/mol. The van der Waals surface area contributed by atoms with Crippen LogP contribution < -0.4 is 5.32 Å². The zero-order valence-electron chi connectivity index (χ0n) is 13.5. The largest absolute Gasteiger partial charge is 0.356 e. The summed E-state index contributed by atoms with van der Waals surface area (Å²) in [4.78, 5) is 0. The van der Waals surface area contributed by atoms with Gasteiger partial charge in [-0.2, -0.15) is 5.26 Å². The van der Waals surface area contributed by atoms with Crippen LogP contribution in [0.4, 0.5) is 11.4 Å². The fraction of sp³-hybridized carbons (Fsp3) is 0.0455. The first kappa shape index (κ1) is 15.6. The van der Waals surface area contributed by atoms with Crippen molar-refractivity contribution in [2.75, 3.05) is 5.32 Å². The molecule has 2 nitrogen and oxygen atoms in total. The van der Waals surface area contributed by atoms with Crippen molar-refractivity contribution in [2.24, 2.45) is 0 Å². The molecule has 0 saturated carbocycles. The SMILES string of the molecule is C/C(=C/c1ccc(Nc2ccc(C#N)cc2)cc1)c1ccccc1. The van der Waals surface area contributed by atoms with Crippen molar-refractivity contribution in [2.45, 2.75) is 6.92 Å². The highest BCUT2D eigenvalue weighted by molar-refractivity contribution is 5.80. The lowest BCUT2D eigenvalue weighted by Crippen LogP contribution is -1.90. The average Bonchev–Trinajstić information content (AvgIpc) is 2.65. The van der Waals surface area contributed by atoms with Gasteiger partial charge in [0.1, 0.15) is 0 Å². The summed E-state index contributed by atoms with van der Waals surface area (Å²) >= 11 is 0. The van der Waals surface area contributed by atoms with E-state index in [1.807, 2.05) is 30.3 Å². The van der Waals surface area contributed by atoms with Gasteiger partial charge in [0, 0.05) is 11.4 Å². The topological polar surface area (TPSA) is 35.8 Å². The summed E-state index contributed by atoms with van der Waals surface area (Å²) in [5.74, 6) is 0. The summed E-state index contributed by atoms with van der Waals surface area (Å²) in [6.45, 7) is 2.12. The predicted octanol–water partition coefficient (Wildman–Crippen LogP) is 5.86. The molecule has 0 aliphatic rings. The van der Waals surface area contributed by atoms with Crippen LogP contribution in [0.3, 0.4) is 0 Å². The van der Waals surface area contributed by atoms with Gasteiger partial charge in [-0.05, 0) is 60.0 Å². The molecule has 3 rings (SSSR count). The zero-order valence-corrected chi connectivity index (χ0v) is 13.5. The fourth-order valence-electron chi connectivity index (χ4n) is 2.49. The third-order valence-corrected chi connectivity index (χ3v) is 3.83. The Morgan fingerprint density at radius 2 is 1.42 bits per heavy atom. The number of nitriles is 1. The van der Waals surface area contributed by atoms with E-state index in [0.717, 1.165) is 11.4 Å². The lowest BCUT2D eigenvalue weighted by Gasteiger charge is -2.07. The molecule has 116 valence electrons. The van der Waals surface area contributed by atoms with E-state index >= 15 is 0 Å². The summed E-state index contributed by atoms with van der Waals surface area (Å²) in [6.07, 6.45) is 2.18. The van der Waals surface area contributed by atoms with Gasteiger partial charge in [0.2, 0.25) is 0 Å². The van der Waals surface area contributed by atoms with Gasteiger partial charge in [-0.3, -0.25) is 0 Å². The van der Waals surface area contributed by atoms with Crippen LogP contribution in [0, 0.1) is 11.3 Å². The number of nitrogens with zero attached hydrogens (tertiary/aromatic N) is 1. The number of hydrogen-bond donors (Lipinski definition) is 1. The van der Waals surface area contributed by atoms with Gasteiger partial charge in [-0.25, -0.2) is 0 Å². The second-order valence-electron chi connectivity index (χ2n) is 5.63. The highest BCUT2D eigenvalue weighted by atomic mass is 14.9. The molecule has 0 fully saturated rings. The fourth-order valence-corrected chi connectivity index (χ4v) is 2.49. The van der Waals surface area contributed by atoms with E-state index in [-0.39, 0.29) is 0 Å². The van der Waals surface area contributed by atoms with Crippen LogP contribution in [0.25, 0.3) is 11.6 Å². The maximum absolute atomic E-state index is 8.83. The Labute approximate surface area is 142 Å². The van der Waals surface area contributed by atoms with Crippen LogP contribution in [-0.2, 0) is 0 Å². The number of anilines is 2. The molecule has 0 saturated heterocycles. The van der Waals surface area contributed by atoms with Gasteiger partial charge in [0.15, 0.2) is 0 Å². The Morgan fingerprint density at radius 1 is 0.833 bits per heavy atom. The molecule has 0 atom stereocenters. The molecule has 2 heteroatoms. The van der Waals surface area contributed by atoms with Crippen molar-refractivity contribution in [1.29, 1.82) is 5.26 Å². The molecule has 0 unspecified atom stereocenters. The van der Waals surface area contributed by atoms with Crippen molar-refractivity contribution in [1.82, 2.24) is 0 Å². The minimum absolute atomic E-state index is 0.664. The van der Waals surface area contributed by atoms with E-state index in [1.54, 1.807) is 0 Å². The van der Waals surface area contributed by atoms with Crippen molar-refractivity contribution in [3.63, 3.8) is 0 Å². The van der Waals surface area contributed by atoms with E-state index in [0.29, 0.717) is 5.56 Å². The van der Waals surface area contributed by atoms with E-state index in [1.165, 1.54) is 16.7 Å². The number of benzene rings is 3. The molecule has 0 amide bonds. The first-order valence-electron chi connectivity index (χ1n) is 7.85. The number of rotatable bonds is 4. The Morgan fingerprint density at radius 3 is 2.00 bits per heavy atom. The Kier molecular flexibility index (Phi) is 4.74. The summed E-state index contributed by atoms with van der Waals surface area (Å²) in [6, 6.07) is 28.2. The van der Waals surface area contributed by atoms with Gasteiger partial charge in [-0.15, -0.1) is 0 Å². The molecule has 0 radical (unpaired) electrons. The number of hydrogen-bond acceptors (Lipinski definition) is 2. The van der Waals surface area contributed by atoms with Crippen LogP contribution in [0.15, 0.2) is 78.9 Å². The molecule has 0 bridgehead atoms. The minimum Gasteiger partial charge on any atom is -0.356 e. The van der Waals surface area contributed by atoms with E-state index in [2.05, 4.69) is 72.9 Å². The third-order valence-electron chi connectivity index (χ3n) is 3.83. The van der Waals surface area contributed by atoms with E-state index in [4.69, 9.17) is 5.26 Å². The molecule has 0 heterocycles. The predicted molar refractivity (Wildman–Crippen MR) is 101 cm³/mol. The summed E-state index contributed by atoms with van der Waals surface area (Å²) in [5, 5.41) is 12.2. The molecule has 0 aromatic heterocycles. The monoisotopic (exact) mass is 310 g/mol. The van der Waals surface area contributed by atoms with Gasteiger partial charge in [0.05, 0.1) is 11.6 Å². The van der Waals surface area contributed by atoms with Crippen LogP contribution in [0.5, 0.6) is 0 Å². The lowest BCUT2D eigenvalue weighted by atomic mass is 10.0. The molecule has 24 heavy (non-hydrogen) atoms. The standard InChI is InChI=1S/C22H18N2/c1-17(20-5-3-2-4-6-20)15-18-7-11-21(12-8-18)24-22-13-9-19(16-23)10-14-22/h2-15,24H,1H3/b17-15-. The van der Waals surface area contributed by atoms with Crippen LogP contribution in [0.2, 0.25) is 0 Å². The second-order valence-corrected chi connectivity index (χ2v) is 5.63. The third kappa shape index (κ3) is 3.91. The highest BCUT2D eigenvalue weighted by Gasteiger charge is 1.98. The minimum atomic E-state index is 0.664. The van der Waals surface area contributed by atoms with Crippen molar-refractivity contribution < 1.29 is 0 Å². The van der Waals surface area contributed by atoms with Gasteiger partial charge in [0.25, 0.3) is 0 Å². The molecule has 0 spiro atoms. The molecule has 0 aliphatic heterocycles. The number of allylic oxidation sites excluding steroid dienone is 1. The highest BCUT2D eigenvalue weighted by Crippen LogP contribution is 2.21. The molecular formula is C22H18N2. The maximum atomic E-state index is 8.83.